The summed E-state index contributed by atoms with van der Waals surface area (Å²) in [5, 5.41) is 7.34. The number of hydrogen-bond acceptors (Lipinski definition) is 3. The third kappa shape index (κ3) is 5.32. The molecular weight excluding hydrogens is 687 g/mol. The van der Waals surface area contributed by atoms with Crippen LogP contribution in [0, 0.1) is 0 Å². The van der Waals surface area contributed by atoms with Gasteiger partial charge in [-0.25, -0.2) is 0 Å². The number of nitrogens with zero attached hydrogens (tertiary/aromatic N) is 1. The van der Waals surface area contributed by atoms with E-state index in [2.05, 4.69) is 193 Å². The van der Waals surface area contributed by atoms with E-state index in [1.165, 1.54) is 42.1 Å². The summed E-state index contributed by atoms with van der Waals surface area (Å²) in [4.78, 5) is 2.43. The average molecular weight is 720 g/mol. The van der Waals surface area contributed by atoms with Crippen LogP contribution in [0.25, 0.3) is 86.3 Å². The second kappa shape index (κ2) is 12.9. The molecule has 55 heavy (non-hydrogen) atoms. The summed E-state index contributed by atoms with van der Waals surface area (Å²) in [5.74, 6) is 0. The number of benzene rings is 9. The molecule has 0 atom stereocenters. The average Bonchev–Trinajstić information content (AvgIpc) is 3.83. The molecule has 0 aliphatic rings. The molecule has 11 rings (SSSR count). The maximum atomic E-state index is 6.36. The van der Waals surface area contributed by atoms with Crippen molar-refractivity contribution in [1.82, 2.24) is 0 Å². The van der Waals surface area contributed by atoms with Gasteiger partial charge in [-0.05, 0) is 98.8 Å². The van der Waals surface area contributed by atoms with Gasteiger partial charge in [0.25, 0.3) is 0 Å². The lowest BCUT2D eigenvalue weighted by Gasteiger charge is -2.27. The van der Waals surface area contributed by atoms with Crippen molar-refractivity contribution < 1.29 is 4.42 Å². The fourth-order valence-electron chi connectivity index (χ4n) is 8.28. The highest BCUT2D eigenvalue weighted by Gasteiger charge is 2.21. The second-order valence-corrected chi connectivity index (χ2v) is 15.1. The largest absolute Gasteiger partial charge is 0.456 e. The zero-order valence-corrected chi connectivity index (χ0v) is 30.6. The van der Waals surface area contributed by atoms with E-state index in [1.807, 2.05) is 23.5 Å². The topological polar surface area (TPSA) is 16.4 Å². The normalized spacial score (nSPS) is 11.6. The molecule has 3 heteroatoms. The van der Waals surface area contributed by atoms with Gasteiger partial charge in [0.05, 0.1) is 10.4 Å². The molecule has 0 unspecified atom stereocenters. The van der Waals surface area contributed by atoms with Crippen LogP contribution in [0.2, 0.25) is 0 Å². The van der Waals surface area contributed by atoms with Crippen LogP contribution in [0.4, 0.5) is 17.1 Å². The molecule has 2 aromatic heterocycles. The summed E-state index contributed by atoms with van der Waals surface area (Å²) in [6.07, 6.45) is 0. The number of para-hydroxylation sites is 1. The van der Waals surface area contributed by atoms with E-state index in [0.717, 1.165) is 61.3 Å². The lowest BCUT2D eigenvalue weighted by atomic mass is 9.93. The molecular formula is C52H33NOS. The molecule has 0 radical (unpaired) electrons. The van der Waals surface area contributed by atoms with Crippen molar-refractivity contribution in [3.63, 3.8) is 0 Å². The molecule has 0 saturated carbocycles. The Bertz CT molecular complexity index is 3200. The Morgan fingerprint density at radius 3 is 1.91 bits per heavy atom. The van der Waals surface area contributed by atoms with Gasteiger partial charge in [0.15, 0.2) is 0 Å². The number of anilines is 3. The highest BCUT2D eigenvalue weighted by Crippen LogP contribution is 2.47. The van der Waals surface area contributed by atoms with Crippen LogP contribution in [0.3, 0.4) is 0 Å². The first kappa shape index (κ1) is 31.6. The molecule has 0 N–H and O–H groups in total. The first-order valence-electron chi connectivity index (χ1n) is 18.7. The standard InChI is InChI=1S/C52H33NOS/c1-2-12-35(13-3-1)47-33-39(29-31-42(47)37-26-30-44-43-17-6-8-22-49(43)54-50(44)32-37)53(48-21-11-20-46-45-18-7-9-23-51(45)55-52(46)48)38-27-24-36(25-28-38)41-19-10-15-34-14-4-5-16-40(34)41/h1-33H. The smallest absolute Gasteiger partial charge is 0.136 e. The van der Waals surface area contributed by atoms with Crippen molar-refractivity contribution in [2.45, 2.75) is 0 Å². The predicted octanol–water partition coefficient (Wildman–Crippen LogP) is 15.6. The first-order chi connectivity index (χ1) is 27.3. The van der Waals surface area contributed by atoms with Crippen molar-refractivity contribution in [2.75, 3.05) is 4.90 Å². The van der Waals surface area contributed by atoms with E-state index < -0.39 is 0 Å². The van der Waals surface area contributed by atoms with E-state index in [0.29, 0.717) is 0 Å². The number of furan rings is 1. The number of fused-ring (bicyclic) bond motifs is 7. The Labute approximate surface area is 322 Å². The Morgan fingerprint density at radius 1 is 0.364 bits per heavy atom. The van der Waals surface area contributed by atoms with Gasteiger partial charge < -0.3 is 9.32 Å². The quantitative estimate of drug-likeness (QED) is 0.170. The lowest BCUT2D eigenvalue weighted by molar-refractivity contribution is 0.669. The zero-order valence-electron chi connectivity index (χ0n) is 29.8. The van der Waals surface area contributed by atoms with Crippen LogP contribution in [-0.2, 0) is 0 Å². The summed E-state index contributed by atoms with van der Waals surface area (Å²) in [6, 6.07) is 72.3. The minimum atomic E-state index is 0.895. The minimum Gasteiger partial charge on any atom is -0.456 e. The van der Waals surface area contributed by atoms with E-state index in [4.69, 9.17) is 4.42 Å². The van der Waals surface area contributed by atoms with Crippen LogP contribution < -0.4 is 4.90 Å². The lowest BCUT2D eigenvalue weighted by Crippen LogP contribution is -2.10. The molecule has 0 spiro atoms. The third-order valence-corrected chi connectivity index (χ3v) is 12.1. The molecule has 0 aliphatic carbocycles. The van der Waals surface area contributed by atoms with Gasteiger partial charge >= 0.3 is 0 Å². The second-order valence-electron chi connectivity index (χ2n) is 14.1. The van der Waals surface area contributed by atoms with E-state index >= 15 is 0 Å². The van der Waals surface area contributed by atoms with E-state index in [1.54, 1.807) is 0 Å². The molecule has 0 aliphatic heterocycles. The zero-order chi connectivity index (χ0) is 36.3. The van der Waals surface area contributed by atoms with Gasteiger partial charge in [-0.2, -0.15) is 0 Å². The fraction of sp³-hybridized carbons (Fsp3) is 0. The summed E-state index contributed by atoms with van der Waals surface area (Å²) >= 11 is 1.86. The number of hydrogen-bond donors (Lipinski definition) is 0. The van der Waals surface area contributed by atoms with Crippen LogP contribution in [-0.4, -0.2) is 0 Å². The highest BCUT2D eigenvalue weighted by atomic mass is 32.1. The molecule has 0 amide bonds. The summed E-state index contributed by atoms with van der Waals surface area (Å²) in [7, 11) is 0. The van der Waals surface area contributed by atoms with E-state index in [-0.39, 0.29) is 0 Å². The van der Waals surface area contributed by atoms with Crippen molar-refractivity contribution in [3.05, 3.63) is 200 Å². The maximum absolute atomic E-state index is 6.36. The van der Waals surface area contributed by atoms with E-state index in [9.17, 15) is 0 Å². The van der Waals surface area contributed by atoms with Gasteiger partial charge in [-0.1, -0.05) is 146 Å². The molecule has 9 aromatic carbocycles. The SMILES string of the molecule is c1ccc(-c2cc(N(c3ccc(-c4cccc5ccccc45)cc3)c3cccc4c3sc3ccccc34)ccc2-c2ccc3c(c2)oc2ccccc23)cc1. The van der Waals surface area contributed by atoms with Gasteiger partial charge in [0, 0.05) is 37.6 Å². The van der Waals surface area contributed by atoms with Crippen LogP contribution in [0.5, 0.6) is 0 Å². The molecule has 0 fully saturated rings. The summed E-state index contributed by atoms with van der Waals surface area (Å²) in [6.45, 7) is 0. The molecule has 11 aromatic rings. The van der Waals surface area contributed by atoms with Crippen LogP contribution in [0.15, 0.2) is 205 Å². The Kier molecular flexibility index (Phi) is 7.39. The van der Waals surface area contributed by atoms with Gasteiger partial charge in [0.2, 0.25) is 0 Å². The monoisotopic (exact) mass is 719 g/mol. The molecule has 258 valence electrons. The molecule has 0 saturated heterocycles. The van der Waals surface area contributed by atoms with Crippen molar-refractivity contribution >= 4 is 81.3 Å². The first-order valence-corrected chi connectivity index (χ1v) is 19.5. The Morgan fingerprint density at radius 2 is 1.02 bits per heavy atom. The maximum Gasteiger partial charge on any atom is 0.136 e. The molecule has 2 nitrogen and oxygen atoms in total. The Hall–Kier alpha value is -6.94. The van der Waals surface area contributed by atoms with Gasteiger partial charge in [0.1, 0.15) is 11.2 Å². The number of thiophene rings is 1. The summed E-state index contributed by atoms with van der Waals surface area (Å²) in [5.41, 5.74) is 12.2. The van der Waals surface area contributed by atoms with Crippen molar-refractivity contribution in [2.24, 2.45) is 0 Å². The Balaban J connectivity index is 1.11. The third-order valence-electron chi connectivity index (χ3n) is 10.9. The molecule has 2 heterocycles. The summed E-state index contributed by atoms with van der Waals surface area (Å²) < 4.78 is 8.92. The number of rotatable bonds is 6. The van der Waals surface area contributed by atoms with Gasteiger partial charge in [-0.3, -0.25) is 0 Å². The van der Waals surface area contributed by atoms with Crippen molar-refractivity contribution in [3.8, 4) is 33.4 Å². The highest BCUT2D eigenvalue weighted by molar-refractivity contribution is 7.26. The minimum absolute atomic E-state index is 0.895. The van der Waals surface area contributed by atoms with Crippen molar-refractivity contribution in [1.29, 1.82) is 0 Å². The molecule has 0 bridgehead atoms. The van der Waals surface area contributed by atoms with Crippen LogP contribution >= 0.6 is 11.3 Å². The predicted molar refractivity (Wildman–Crippen MR) is 235 cm³/mol. The van der Waals surface area contributed by atoms with Gasteiger partial charge in [-0.15, -0.1) is 11.3 Å². The van der Waals surface area contributed by atoms with Crippen LogP contribution in [0.1, 0.15) is 0 Å². The fourth-order valence-corrected chi connectivity index (χ4v) is 9.48.